The second-order valence-electron chi connectivity index (χ2n) is 4.02. The average Bonchev–Trinajstić information content (AvgIpc) is 2.33. The van der Waals surface area contributed by atoms with E-state index in [1.165, 1.54) is 16.4 Å². The zero-order valence-corrected chi connectivity index (χ0v) is 14.7. The summed E-state index contributed by atoms with van der Waals surface area (Å²) in [6.07, 6.45) is 0.315. The van der Waals surface area contributed by atoms with Crippen molar-refractivity contribution in [3.05, 3.63) is 22.8 Å². The van der Waals surface area contributed by atoms with E-state index in [4.69, 9.17) is 28.4 Å². The highest BCUT2D eigenvalue weighted by Crippen LogP contribution is 2.16. The number of carbonyl (C=O) groups is 1. The fourth-order valence-corrected chi connectivity index (χ4v) is 6.21. The van der Waals surface area contributed by atoms with Crippen LogP contribution in [0.25, 0.3) is 0 Å². The van der Waals surface area contributed by atoms with Gasteiger partial charge in [-0.05, 0) is 62.8 Å². The summed E-state index contributed by atoms with van der Waals surface area (Å²) in [5, 5.41) is 2.39. The van der Waals surface area contributed by atoms with Crippen LogP contribution in [-0.4, -0.2) is 12.6 Å². The van der Waals surface area contributed by atoms with Gasteiger partial charge in [-0.1, -0.05) is 29.7 Å². The SMILES string of the molecule is CCOC(=O)Cc1cc(C)c(C)c([PH2]=S)c1[PH2]=S. The third kappa shape index (κ3) is 3.74. The number of carbonyl (C=O) groups excluding carboxylic acids is 1. The van der Waals surface area contributed by atoms with E-state index in [1.54, 1.807) is 0 Å². The van der Waals surface area contributed by atoms with E-state index in [0.29, 0.717) is 13.0 Å². The summed E-state index contributed by atoms with van der Waals surface area (Å²) in [4.78, 5) is 11.6. The summed E-state index contributed by atoms with van der Waals surface area (Å²) in [6.45, 7) is 6.38. The zero-order chi connectivity index (χ0) is 13.7. The summed E-state index contributed by atoms with van der Waals surface area (Å²) in [6, 6.07) is 2.06. The van der Waals surface area contributed by atoms with Crippen LogP contribution in [0.4, 0.5) is 0 Å². The second kappa shape index (κ2) is 7.55. The summed E-state index contributed by atoms with van der Waals surface area (Å²) >= 11 is 10.6. The highest BCUT2D eigenvalue weighted by molar-refractivity contribution is 8.02. The molecule has 0 heterocycles. The van der Waals surface area contributed by atoms with Gasteiger partial charge >= 0.3 is 5.97 Å². The number of benzene rings is 1. The van der Waals surface area contributed by atoms with Gasteiger partial charge in [-0.2, -0.15) is 0 Å². The third-order valence-corrected chi connectivity index (χ3v) is 6.54. The van der Waals surface area contributed by atoms with Crippen LogP contribution >= 0.6 is 14.7 Å². The van der Waals surface area contributed by atoms with Gasteiger partial charge < -0.3 is 4.74 Å². The molecule has 6 heteroatoms. The Kier molecular flexibility index (Phi) is 6.73. The Bertz CT molecular complexity index is 501. The maximum absolute atomic E-state index is 11.6. The molecule has 100 valence electrons. The van der Waals surface area contributed by atoms with Crippen molar-refractivity contribution in [3.63, 3.8) is 0 Å². The van der Waals surface area contributed by atoms with E-state index >= 15 is 0 Å². The lowest BCUT2D eigenvalue weighted by Crippen LogP contribution is -2.24. The number of hydrogen-bond acceptors (Lipinski definition) is 4. The zero-order valence-electron chi connectivity index (χ0n) is 10.8. The first-order valence-electron chi connectivity index (χ1n) is 5.74. The van der Waals surface area contributed by atoms with Crippen molar-refractivity contribution in [1.29, 1.82) is 0 Å². The van der Waals surface area contributed by atoms with Crippen molar-refractivity contribution >= 4 is 54.9 Å². The van der Waals surface area contributed by atoms with Crippen LogP contribution in [0.5, 0.6) is 0 Å². The van der Waals surface area contributed by atoms with E-state index in [1.807, 2.05) is 6.92 Å². The van der Waals surface area contributed by atoms with Crippen LogP contribution in [0.1, 0.15) is 23.6 Å². The van der Waals surface area contributed by atoms with Gasteiger partial charge in [-0.15, -0.1) is 0 Å². The Morgan fingerprint density at radius 2 is 1.89 bits per heavy atom. The molecular formula is C12H18O2P2S2. The number of ether oxygens (including phenoxy) is 1. The molecule has 1 aromatic carbocycles. The van der Waals surface area contributed by atoms with E-state index in [9.17, 15) is 4.79 Å². The lowest BCUT2D eigenvalue weighted by molar-refractivity contribution is -0.142. The van der Waals surface area contributed by atoms with Crippen molar-refractivity contribution in [2.24, 2.45) is 0 Å². The molecule has 1 rings (SSSR count). The van der Waals surface area contributed by atoms with Crippen LogP contribution < -0.4 is 10.6 Å². The Morgan fingerprint density at radius 1 is 1.28 bits per heavy atom. The maximum atomic E-state index is 11.6. The first kappa shape index (κ1) is 16.0. The molecule has 0 aliphatic carbocycles. The van der Waals surface area contributed by atoms with Gasteiger partial charge in [0.2, 0.25) is 0 Å². The summed E-state index contributed by atoms with van der Waals surface area (Å²) in [7, 11) is -0.427. The molecule has 0 aliphatic heterocycles. The number of aryl methyl sites for hydroxylation is 1. The van der Waals surface area contributed by atoms with Crippen LogP contribution in [-0.2, 0) is 39.6 Å². The van der Waals surface area contributed by atoms with Crippen molar-refractivity contribution in [3.8, 4) is 0 Å². The molecule has 0 radical (unpaired) electrons. The molecule has 0 fully saturated rings. The first-order chi connectivity index (χ1) is 8.54. The fraction of sp³-hybridized carbons (Fsp3) is 0.417. The van der Waals surface area contributed by atoms with Crippen molar-refractivity contribution < 1.29 is 9.53 Å². The molecule has 0 saturated carbocycles. The Labute approximate surface area is 121 Å². The van der Waals surface area contributed by atoms with E-state index in [0.717, 1.165) is 10.9 Å². The summed E-state index contributed by atoms with van der Waals surface area (Å²) in [5.74, 6) is -0.185. The highest BCUT2D eigenvalue weighted by atomic mass is 32.4. The van der Waals surface area contributed by atoms with Crippen LogP contribution in [0.3, 0.4) is 0 Å². The number of hydrogen-bond donors (Lipinski definition) is 0. The van der Waals surface area contributed by atoms with Crippen molar-refractivity contribution in [2.75, 3.05) is 6.61 Å². The summed E-state index contributed by atoms with van der Waals surface area (Å²) in [5.41, 5.74) is 3.46. The van der Waals surface area contributed by atoms with Gasteiger partial charge in [0.15, 0.2) is 0 Å². The topological polar surface area (TPSA) is 26.3 Å². The molecule has 0 aromatic heterocycles. The molecule has 0 bridgehead atoms. The molecule has 2 unspecified atom stereocenters. The molecule has 0 amide bonds. The van der Waals surface area contributed by atoms with Gasteiger partial charge in [0.25, 0.3) is 0 Å². The first-order valence-corrected chi connectivity index (χ1v) is 10.7. The molecule has 1 aromatic rings. The quantitative estimate of drug-likeness (QED) is 0.605. The molecule has 2 atom stereocenters. The average molecular weight is 320 g/mol. The lowest BCUT2D eigenvalue weighted by Gasteiger charge is -2.14. The van der Waals surface area contributed by atoms with Gasteiger partial charge in [-0.3, -0.25) is 4.79 Å². The minimum Gasteiger partial charge on any atom is -0.466 e. The second-order valence-corrected chi connectivity index (χ2v) is 7.06. The highest BCUT2D eigenvalue weighted by Gasteiger charge is 2.13. The molecule has 2 nitrogen and oxygen atoms in total. The van der Waals surface area contributed by atoms with E-state index in [2.05, 4.69) is 19.9 Å². The van der Waals surface area contributed by atoms with E-state index < -0.39 is 0 Å². The maximum Gasteiger partial charge on any atom is 0.310 e. The monoisotopic (exact) mass is 320 g/mol. The van der Waals surface area contributed by atoms with Gasteiger partial charge in [0.05, 0.1) is 13.0 Å². The van der Waals surface area contributed by atoms with Gasteiger partial charge in [0.1, 0.15) is 0 Å². The summed E-state index contributed by atoms with van der Waals surface area (Å²) < 4.78 is 5.01. The Balaban J connectivity index is 3.26. The number of rotatable bonds is 5. The largest absolute Gasteiger partial charge is 0.466 e. The van der Waals surface area contributed by atoms with E-state index in [-0.39, 0.29) is 20.7 Å². The number of esters is 1. The Hall–Kier alpha value is -0.0100. The third-order valence-electron chi connectivity index (χ3n) is 2.90. The molecule has 0 saturated heterocycles. The van der Waals surface area contributed by atoms with Crippen LogP contribution in [0, 0.1) is 13.8 Å². The Morgan fingerprint density at radius 3 is 2.39 bits per heavy atom. The van der Waals surface area contributed by atoms with Crippen LogP contribution in [0.15, 0.2) is 6.07 Å². The van der Waals surface area contributed by atoms with Crippen molar-refractivity contribution in [2.45, 2.75) is 27.2 Å². The predicted octanol–water partition coefficient (Wildman–Crippen LogP) is 1.41. The lowest BCUT2D eigenvalue weighted by atomic mass is 10.0. The molecule has 0 aliphatic rings. The van der Waals surface area contributed by atoms with Crippen molar-refractivity contribution in [1.82, 2.24) is 0 Å². The molecular weight excluding hydrogens is 302 g/mol. The standard InChI is InChI=1S/C12H18O2P2S2/c1-4-14-10(13)6-9-5-7(2)8(3)11(15-17)12(9)16-18/h5H,4,6,15-16H2,1-3H3. The molecule has 0 spiro atoms. The van der Waals surface area contributed by atoms with Gasteiger partial charge in [0, 0.05) is 0 Å². The molecule has 18 heavy (non-hydrogen) atoms. The fourth-order valence-electron chi connectivity index (χ4n) is 1.84. The smallest absolute Gasteiger partial charge is 0.310 e. The predicted molar refractivity (Wildman–Crippen MR) is 89.7 cm³/mol. The van der Waals surface area contributed by atoms with Gasteiger partial charge in [-0.25, -0.2) is 0 Å². The minimum atomic E-state index is -0.242. The molecule has 0 N–H and O–H groups in total. The minimum absolute atomic E-state index is 0.185. The van der Waals surface area contributed by atoms with Crippen LogP contribution in [0.2, 0.25) is 0 Å². The normalized spacial score (nSPS) is 11.7.